The summed E-state index contributed by atoms with van der Waals surface area (Å²) in [6.07, 6.45) is 0.194. The molecule has 0 aliphatic heterocycles. The second-order valence-electron chi connectivity index (χ2n) is 4.10. The van der Waals surface area contributed by atoms with Gasteiger partial charge in [0.2, 0.25) is 0 Å². The summed E-state index contributed by atoms with van der Waals surface area (Å²) in [6.45, 7) is 4.92. The van der Waals surface area contributed by atoms with Gasteiger partial charge in [0.25, 0.3) is 0 Å². The van der Waals surface area contributed by atoms with E-state index in [9.17, 15) is 0 Å². The first-order valence-electron chi connectivity index (χ1n) is 5.77. The number of thiophene rings is 1. The van der Waals surface area contributed by atoms with Crippen LogP contribution in [0.4, 0.5) is 5.69 Å². The first-order chi connectivity index (χ1) is 8.25. The van der Waals surface area contributed by atoms with Crippen molar-refractivity contribution in [1.29, 1.82) is 0 Å². The second-order valence-corrected chi connectivity index (χ2v) is 5.13. The number of rotatable bonds is 5. The van der Waals surface area contributed by atoms with Crippen LogP contribution in [0.5, 0.6) is 5.75 Å². The van der Waals surface area contributed by atoms with Crippen LogP contribution in [0.1, 0.15) is 18.7 Å². The number of benzene rings is 1. The van der Waals surface area contributed by atoms with Crippen LogP contribution in [0.15, 0.2) is 41.8 Å². The number of para-hydroxylation sites is 2. The molecule has 17 heavy (non-hydrogen) atoms. The molecule has 1 N–H and O–H groups in total. The van der Waals surface area contributed by atoms with E-state index in [-0.39, 0.29) is 6.10 Å². The number of nitrogens with one attached hydrogen (secondary N) is 1. The van der Waals surface area contributed by atoms with Gasteiger partial charge in [0.15, 0.2) is 0 Å². The summed E-state index contributed by atoms with van der Waals surface area (Å²) >= 11 is 1.76. The third kappa shape index (κ3) is 3.49. The molecule has 0 bridgehead atoms. The van der Waals surface area contributed by atoms with Crippen molar-refractivity contribution in [3.8, 4) is 5.75 Å². The molecule has 3 heteroatoms. The summed E-state index contributed by atoms with van der Waals surface area (Å²) in [5.41, 5.74) is 1.05. The zero-order valence-electron chi connectivity index (χ0n) is 10.1. The standard InChI is InChI=1S/C14H17NOS/c1-11(2)16-14-8-4-3-7-13(14)15-10-12-6-5-9-17-12/h3-9,11,15H,10H2,1-2H3. The Morgan fingerprint density at radius 3 is 2.71 bits per heavy atom. The Morgan fingerprint density at radius 2 is 2.00 bits per heavy atom. The molecule has 0 amide bonds. The molecule has 0 fully saturated rings. The van der Waals surface area contributed by atoms with Crippen LogP contribution >= 0.6 is 11.3 Å². The average molecular weight is 247 g/mol. The summed E-state index contributed by atoms with van der Waals surface area (Å²) in [7, 11) is 0. The highest BCUT2D eigenvalue weighted by Crippen LogP contribution is 2.25. The van der Waals surface area contributed by atoms with Gasteiger partial charge in [-0.3, -0.25) is 0 Å². The molecule has 0 unspecified atom stereocenters. The van der Waals surface area contributed by atoms with E-state index in [0.29, 0.717) is 0 Å². The van der Waals surface area contributed by atoms with Crippen LogP contribution in [0.25, 0.3) is 0 Å². The van der Waals surface area contributed by atoms with E-state index in [1.54, 1.807) is 11.3 Å². The molecule has 2 nitrogen and oxygen atoms in total. The molecule has 2 aromatic rings. The van der Waals surface area contributed by atoms with Gasteiger partial charge in [-0.05, 0) is 37.4 Å². The van der Waals surface area contributed by atoms with Gasteiger partial charge >= 0.3 is 0 Å². The number of ether oxygens (including phenoxy) is 1. The minimum Gasteiger partial charge on any atom is -0.489 e. The Hall–Kier alpha value is -1.48. The highest BCUT2D eigenvalue weighted by molar-refractivity contribution is 7.09. The van der Waals surface area contributed by atoms with Crippen molar-refractivity contribution < 1.29 is 4.74 Å². The molecule has 90 valence electrons. The predicted molar refractivity (Wildman–Crippen MR) is 73.9 cm³/mol. The fraction of sp³-hybridized carbons (Fsp3) is 0.286. The first kappa shape index (κ1) is 12.0. The third-order valence-electron chi connectivity index (χ3n) is 2.28. The van der Waals surface area contributed by atoms with Crippen molar-refractivity contribution in [3.63, 3.8) is 0 Å². The van der Waals surface area contributed by atoms with Crippen molar-refractivity contribution in [1.82, 2.24) is 0 Å². The van der Waals surface area contributed by atoms with E-state index >= 15 is 0 Å². The van der Waals surface area contributed by atoms with E-state index in [0.717, 1.165) is 18.0 Å². The summed E-state index contributed by atoms with van der Waals surface area (Å²) in [6, 6.07) is 12.3. The molecular formula is C14H17NOS. The molecule has 0 atom stereocenters. The quantitative estimate of drug-likeness (QED) is 0.857. The number of hydrogen-bond donors (Lipinski definition) is 1. The van der Waals surface area contributed by atoms with Gasteiger partial charge in [-0.25, -0.2) is 0 Å². The van der Waals surface area contributed by atoms with Crippen LogP contribution in [0.2, 0.25) is 0 Å². The Labute approximate surface area is 106 Å². The number of hydrogen-bond acceptors (Lipinski definition) is 3. The van der Waals surface area contributed by atoms with E-state index in [1.807, 2.05) is 38.1 Å². The van der Waals surface area contributed by atoms with Crippen LogP contribution in [0, 0.1) is 0 Å². The summed E-state index contributed by atoms with van der Waals surface area (Å²) in [5, 5.41) is 5.50. The normalized spacial score (nSPS) is 10.5. The van der Waals surface area contributed by atoms with Crippen molar-refractivity contribution in [2.75, 3.05) is 5.32 Å². The van der Waals surface area contributed by atoms with Gasteiger partial charge in [-0.1, -0.05) is 18.2 Å². The molecule has 1 aromatic heterocycles. The Bertz CT molecular complexity index is 451. The summed E-state index contributed by atoms with van der Waals surface area (Å²) in [5.74, 6) is 0.916. The SMILES string of the molecule is CC(C)Oc1ccccc1NCc1cccs1. The maximum atomic E-state index is 5.76. The van der Waals surface area contributed by atoms with Crippen molar-refractivity contribution >= 4 is 17.0 Å². The lowest BCUT2D eigenvalue weighted by atomic mass is 10.3. The minimum absolute atomic E-state index is 0.194. The van der Waals surface area contributed by atoms with Gasteiger partial charge in [0.1, 0.15) is 5.75 Å². The Balaban J connectivity index is 2.04. The predicted octanol–water partition coefficient (Wildman–Crippen LogP) is 4.15. The van der Waals surface area contributed by atoms with E-state index < -0.39 is 0 Å². The largest absolute Gasteiger partial charge is 0.489 e. The molecule has 0 radical (unpaired) electrons. The number of anilines is 1. The van der Waals surface area contributed by atoms with Gasteiger partial charge in [0.05, 0.1) is 11.8 Å². The molecule has 0 aliphatic carbocycles. The summed E-state index contributed by atoms with van der Waals surface area (Å²) < 4.78 is 5.76. The van der Waals surface area contributed by atoms with Crippen molar-refractivity contribution in [2.24, 2.45) is 0 Å². The Kier molecular flexibility index (Phi) is 4.04. The van der Waals surface area contributed by atoms with E-state index in [4.69, 9.17) is 4.74 Å². The second kappa shape index (κ2) is 5.73. The molecule has 1 aromatic carbocycles. The lowest BCUT2D eigenvalue weighted by molar-refractivity contribution is 0.243. The van der Waals surface area contributed by atoms with E-state index in [1.165, 1.54) is 4.88 Å². The maximum Gasteiger partial charge on any atom is 0.142 e. The molecular weight excluding hydrogens is 230 g/mol. The molecule has 2 rings (SSSR count). The molecule has 0 aliphatic rings. The zero-order valence-corrected chi connectivity index (χ0v) is 11.0. The smallest absolute Gasteiger partial charge is 0.142 e. The molecule has 1 heterocycles. The zero-order chi connectivity index (χ0) is 12.1. The topological polar surface area (TPSA) is 21.3 Å². The first-order valence-corrected chi connectivity index (χ1v) is 6.65. The van der Waals surface area contributed by atoms with Crippen molar-refractivity contribution in [3.05, 3.63) is 46.7 Å². The van der Waals surface area contributed by atoms with Crippen LogP contribution in [-0.4, -0.2) is 6.10 Å². The van der Waals surface area contributed by atoms with Crippen molar-refractivity contribution in [2.45, 2.75) is 26.5 Å². The maximum absolute atomic E-state index is 5.76. The Morgan fingerprint density at radius 1 is 1.18 bits per heavy atom. The van der Waals surface area contributed by atoms with Gasteiger partial charge in [-0.2, -0.15) is 0 Å². The van der Waals surface area contributed by atoms with Gasteiger partial charge in [-0.15, -0.1) is 11.3 Å². The fourth-order valence-electron chi connectivity index (χ4n) is 1.56. The van der Waals surface area contributed by atoms with Crippen LogP contribution < -0.4 is 10.1 Å². The highest BCUT2D eigenvalue weighted by Gasteiger charge is 2.04. The lowest BCUT2D eigenvalue weighted by Gasteiger charge is -2.15. The van der Waals surface area contributed by atoms with Crippen LogP contribution in [0.3, 0.4) is 0 Å². The highest BCUT2D eigenvalue weighted by atomic mass is 32.1. The van der Waals surface area contributed by atoms with Gasteiger partial charge < -0.3 is 10.1 Å². The van der Waals surface area contributed by atoms with E-state index in [2.05, 4.69) is 22.8 Å². The monoisotopic (exact) mass is 247 g/mol. The molecule has 0 saturated heterocycles. The van der Waals surface area contributed by atoms with Crippen LogP contribution in [-0.2, 0) is 6.54 Å². The molecule has 0 saturated carbocycles. The minimum atomic E-state index is 0.194. The van der Waals surface area contributed by atoms with Gasteiger partial charge in [0, 0.05) is 11.4 Å². The third-order valence-corrected chi connectivity index (χ3v) is 3.16. The molecule has 0 spiro atoms. The fourth-order valence-corrected chi connectivity index (χ4v) is 2.21. The summed E-state index contributed by atoms with van der Waals surface area (Å²) in [4.78, 5) is 1.32. The lowest BCUT2D eigenvalue weighted by Crippen LogP contribution is -2.08. The average Bonchev–Trinajstić information content (AvgIpc) is 2.80.